The molecule has 1 heterocycles. The summed E-state index contributed by atoms with van der Waals surface area (Å²) in [6.45, 7) is 1.46. The molecule has 0 bridgehead atoms. The van der Waals surface area contributed by atoms with E-state index in [2.05, 4.69) is 0 Å². The Kier molecular flexibility index (Phi) is 6.42. The number of sulfone groups is 1. The van der Waals surface area contributed by atoms with E-state index in [1.807, 2.05) is 19.1 Å². The molecule has 158 valence electrons. The number of hydrogen-bond acceptors (Lipinski definition) is 7. The van der Waals surface area contributed by atoms with Gasteiger partial charge >= 0.3 is 0 Å². The van der Waals surface area contributed by atoms with E-state index < -0.39 is 47.0 Å². The van der Waals surface area contributed by atoms with Gasteiger partial charge in [0.15, 0.2) is 9.84 Å². The summed E-state index contributed by atoms with van der Waals surface area (Å²) in [5.74, 6) is 0. The largest absolute Gasteiger partial charge is 0.394 e. The number of benzene rings is 2. The fraction of sp³-hybridized carbons (Fsp3) is 0.429. The maximum Gasteiger partial charge on any atom is 0.175 e. The predicted molar refractivity (Wildman–Crippen MR) is 106 cm³/mol. The van der Waals surface area contributed by atoms with Crippen molar-refractivity contribution in [3.8, 4) is 0 Å². The van der Waals surface area contributed by atoms with Crippen molar-refractivity contribution in [2.45, 2.75) is 48.8 Å². The van der Waals surface area contributed by atoms with E-state index in [1.54, 1.807) is 30.3 Å². The number of rotatable bonds is 5. The molecule has 4 N–H and O–H groups in total. The summed E-state index contributed by atoms with van der Waals surface area (Å²) in [4.78, 5) is 0.257. The number of ether oxygens (including phenoxy) is 1. The van der Waals surface area contributed by atoms with Crippen LogP contribution in [-0.4, -0.2) is 66.1 Å². The zero-order valence-electron chi connectivity index (χ0n) is 16.3. The quantitative estimate of drug-likeness (QED) is 0.553. The summed E-state index contributed by atoms with van der Waals surface area (Å²) < 4.78 is 28.9. The van der Waals surface area contributed by atoms with Gasteiger partial charge in [-0.1, -0.05) is 30.3 Å². The highest BCUT2D eigenvalue weighted by Crippen LogP contribution is 2.33. The predicted octanol–water partition coefficient (Wildman–Crippen LogP) is 0.504. The van der Waals surface area contributed by atoms with Crippen LogP contribution in [0.4, 0.5) is 0 Å². The van der Waals surface area contributed by atoms with Crippen molar-refractivity contribution in [1.29, 1.82) is 0 Å². The Hall–Kier alpha value is -1.81. The Morgan fingerprint density at radius 1 is 0.966 bits per heavy atom. The molecule has 0 saturated carbocycles. The van der Waals surface area contributed by atoms with Gasteiger partial charge < -0.3 is 25.2 Å². The fourth-order valence-electron chi connectivity index (χ4n) is 3.51. The lowest BCUT2D eigenvalue weighted by molar-refractivity contribution is -0.231. The highest BCUT2D eigenvalue weighted by Gasteiger charge is 2.43. The third kappa shape index (κ3) is 4.69. The minimum atomic E-state index is -3.25. The highest BCUT2D eigenvalue weighted by molar-refractivity contribution is 7.90. The molecule has 0 unspecified atom stereocenters. The summed E-state index contributed by atoms with van der Waals surface area (Å²) in [5.41, 5.74) is 3.50. The van der Waals surface area contributed by atoms with Crippen LogP contribution in [0.25, 0.3) is 0 Å². The van der Waals surface area contributed by atoms with Crippen molar-refractivity contribution in [3.05, 3.63) is 64.7 Å². The second kappa shape index (κ2) is 8.51. The molecular formula is C21H26O7S. The topological polar surface area (TPSA) is 124 Å². The first-order valence-electron chi connectivity index (χ1n) is 9.30. The third-order valence-electron chi connectivity index (χ3n) is 5.34. The lowest BCUT2D eigenvalue weighted by Crippen LogP contribution is -2.55. The minimum absolute atomic E-state index is 0.257. The van der Waals surface area contributed by atoms with Crippen LogP contribution in [0.15, 0.2) is 47.4 Å². The van der Waals surface area contributed by atoms with Crippen LogP contribution in [0.5, 0.6) is 0 Å². The normalized spacial score (nSPS) is 27.7. The molecule has 29 heavy (non-hydrogen) atoms. The second-order valence-corrected chi connectivity index (χ2v) is 9.54. The van der Waals surface area contributed by atoms with Crippen LogP contribution >= 0.6 is 0 Å². The van der Waals surface area contributed by atoms with E-state index in [4.69, 9.17) is 4.74 Å². The first-order chi connectivity index (χ1) is 13.6. The summed E-state index contributed by atoms with van der Waals surface area (Å²) in [6.07, 6.45) is -4.32. The number of aliphatic hydroxyl groups excluding tert-OH is 4. The van der Waals surface area contributed by atoms with Gasteiger partial charge in [0.25, 0.3) is 0 Å². The van der Waals surface area contributed by atoms with Crippen molar-refractivity contribution in [1.82, 2.24) is 0 Å². The average Bonchev–Trinajstić information content (AvgIpc) is 2.68. The zero-order chi connectivity index (χ0) is 21.3. The first-order valence-corrected chi connectivity index (χ1v) is 11.2. The van der Waals surface area contributed by atoms with Crippen molar-refractivity contribution in [3.63, 3.8) is 0 Å². The fourth-order valence-corrected chi connectivity index (χ4v) is 4.14. The SMILES string of the molecule is Cc1ccc([C@@H]2O[C@H](CO)[C@@H](O)[C@H](O)[C@H]2O)cc1Cc1ccc(S(C)(=O)=O)cc1. The van der Waals surface area contributed by atoms with Gasteiger partial charge in [-0.05, 0) is 47.7 Å². The lowest BCUT2D eigenvalue weighted by atomic mass is 9.89. The molecule has 0 aromatic heterocycles. The standard InChI is InChI=1S/C21H26O7S/c1-12-3-6-14(21-20(25)19(24)18(23)17(11-22)28-21)10-15(12)9-13-4-7-16(8-5-13)29(2,26)27/h3-8,10,17-25H,9,11H2,1-2H3/t17-,18-,19+,20-,21+/m1/s1. The number of aryl methyl sites for hydroxylation is 1. The molecule has 0 amide bonds. The number of aliphatic hydroxyl groups is 4. The summed E-state index contributed by atoms with van der Waals surface area (Å²) in [6, 6.07) is 12.2. The minimum Gasteiger partial charge on any atom is -0.394 e. The van der Waals surface area contributed by atoms with Gasteiger partial charge in [0, 0.05) is 6.26 Å². The van der Waals surface area contributed by atoms with E-state index in [1.165, 1.54) is 0 Å². The van der Waals surface area contributed by atoms with Crippen molar-refractivity contribution >= 4 is 9.84 Å². The molecule has 0 spiro atoms. The molecule has 2 aromatic rings. The maximum atomic E-state index is 11.6. The van der Waals surface area contributed by atoms with Gasteiger partial charge in [0.1, 0.15) is 30.5 Å². The van der Waals surface area contributed by atoms with E-state index in [-0.39, 0.29) is 4.90 Å². The second-order valence-electron chi connectivity index (χ2n) is 7.53. The average molecular weight is 422 g/mol. The molecule has 7 nitrogen and oxygen atoms in total. The summed E-state index contributed by atoms with van der Waals surface area (Å²) in [5, 5.41) is 39.7. The molecule has 3 rings (SSSR count). The third-order valence-corrected chi connectivity index (χ3v) is 6.47. The molecule has 1 aliphatic heterocycles. The zero-order valence-corrected chi connectivity index (χ0v) is 17.1. The molecule has 0 aliphatic carbocycles. The van der Waals surface area contributed by atoms with Crippen molar-refractivity contribution < 1.29 is 33.6 Å². The first kappa shape index (κ1) is 21.9. The molecule has 0 radical (unpaired) electrons. The van der Waals surface area contributed by atoms with Crippen LogP contribution in [0, 0.1) is 6.92 Å². The molecular weight excluding hydrogens is 396 g/mol. The Morgan fingerprint density at radius 2 is 1.62 bits per heavy atom. The Balaban J connectivity index is 1.86. The smallest absolute Gasteiger partial charge is 0.175 e. The van der Waals surface area contributed by atoms with Gasteiger partial charge in [0.05, 0.1) is 11.5 Å². The molecule has 1 fully saturated rings. The maximum absolute atomic E-state index is 11.6. The van der Waals surface area contributed by atoms with Crippen LogP contribution in [-0.2, 0) is 21.0 Å². The highest BCUT2D eigenvalue weighted by atomic mass is 32.2. The molecule has 8 heteroatoms. The Labute approximate surface area is 170 Å². The van der Waals surface area contributed by atoms with Crippen LogP contribution in [0.2, 0.25) is 0 Å². The van der Waals surface area contributed by atoms with Crippen molar-refractivity contribution in [2.75, 3.05) is 12.9 Å². The summed E-state index contributed by atoms with van der Waals surface area (Å²) in [7, 11) is -3.25. The summed E-state index contributed by atoms with van der Waals surface area (Å²) >= 11 is 0. The monoisotopic (exact) mass is 422 g/mol. The Bertz CT molecular complexity index is 953. The lowest BCUT2D eigenvalue weighted by Gasteiger charge is -2.40. The van der Waals surface area contributed by atoms with Gasteiger partial charge in [-0.2, -0.15) is 0 Å². The van der Waals surface area contributed by atoms with Gasteiger partial charge in [0.2, 0.25) is 0 Å². The van der Waals surface area contributed by atoms with E-state index in [9.17, 15) is 28.8 Å². The van der Waals surface area contributed by atoms with Crippen LogP contribution < -0.4 is 0 Å². The molecule has 1 saturated heterocycles. The Morgan fingerprint density at radius 3 is 2.21 bits per heavy atom. The van der Waals surface area contributed by atoms with Gasteiger partial charge in [-0.25, -0.2) is 8.42 Å². The van der Waals surface area contributed by atoms with E-state index in [0.717, 1.165) is 22.9 Å². The molecule has 2 aromatic carbocycles. The number of hydrogen-bond donors (Lipinski definition) is 4. The van der Waals surface area contributed by atoms with Gasteiger partial charge in [-0.15, -0.1) is 0 Å². The molecule has 1 aliphatic rings. The van der Waals surface area contributed by atoms with Crippen LogP contribution in [0.1, 0.15) is 28.4 Å². The van der Waals surface area contributed by atoms with Crippen molar-refractivity contribution in [2.24, 2.45) is 0 Å². The van der Waals surface area contributed by atoms with Crippen LogP contribution in [0.3, 0.4) is 0 Å². The van der Waals surface area contributed by atoms with E-state index in [0.29, 0.717) is 12.0 Å². The molecule has 5 atom stereocenters. The van der Waals surface area contributed by atoms with E-state index >= 15 is 0 Å². The van der Waals surface area contributed by atoms with Gasteiger partial charge in [-0.3, -0.25) is 0 Å².